The lowest BCUT2D eigenvalue weighted by atomic mass is 10.2. The van der Waals surface area contributed by atoms with Crippen LogP contribution in [0.15, 0.2) is 23.1 Å². The van der Waals surface area contributed by atoms with E-state index in [1.54, 1.807) is 11.9 Å². The van der Waals surface area contributed by atoms with Crippen molar-refractivity contribution < 1.29 is 4.74 Å². The molecule has 0 radical (unpaired) electrons. The monoisotopic (exact) mass is 229 g/mol. The van der Waals surface area contributed by atoms with E-state index >= 15 is 0 Å². The highest BCUT2D eigenvalue weighted by atomic mass is 35.5. The van der Waals surface area contributed by atoms with Gasteiger partial charge in [0.1, 0.15) is 11.9 Å². The molecule has 4 heteroatoms. The van der Waals surface area contributed by atoms with Gasteiger partial charge in [0.2, 0.25) is 0 Å². The SMILES string of the molecule is CC[C@@H]1CNSc2c(Cl)cccc2O1. The lowest BCUT2D eigenvalue weighted by molar-refractivity contribution is 0.200. The summed E-state index contributed by atoms with van der Waals surface area (Å²) in [5.41, 5.74) is 0. The van der Waals surface area contributed by atoms with Crippen LogP contribution in [0.1, 0.15) is 13.3 Å². The summed E-state index contributed by atoms with van der Waals surface area (Å²) in [7, 11) is 0. The molecule has 0 fully saturated rings. The number of benzene rings is 1. The summed E-state index contributed by atoms with van der Waals surface area (Å²) < 4.78 is 9.07. The number of nitrogens with one attached hydrogen (secondary N) is 1. The third-order valence-corrected chi connectivity index (χ3v) is 3.53. The maximum atomic E-state index is 6.06. The molecule has 2 nitrogen and oxygen atoms in total. The van der Waals surface area contributed by atoms with Crippen molar-refractivity contribution in [3.05, 3.63) is 23.2 Å². The van der Waals surface area contributed by atoms with Crippen LogP contribution in [0.4, 0.5) is 0 Å². The molecule has 14 heavy (non-hydrogen) atoms. The molecule has 76 valence electrons. The van der Waals surface area contributed by atoms with Crippen molar-refractivity contribution in [3.63, 3.8) is 0 Å². The molecule has 1 heterocycles. The Morgan fingerprint density at radius 2 is 2.50 bits per heavy atom. The number of ether oxygens (including phenoxy) is 1. The first-order valence-corrected chi connectivity index (χ1v) is 5.85. The summed E-state index contributed by atoms with van der Waals surface area (Å²) in [5.74, 6) is 0.888. The first-order valence-electron chi connectivity index (χ1n) is 4.66. The van der Waals surface area contributed by atoms with Gasteiger partial charge in [-0.25, -0.2) is 0 Å². The molecule has 0 saturated heterocycles. The van der Waals surface area contributed by atoms with Gasteiger partial charge in [-0.2, -0.15) is 0 Å². The van der Waals surface area contributed by atoms with E-state index in [1.807, 2.05) is 18.2 Å². The van der Waals surface area contributed by atoms with Gasteiger partial charge in [-0.15, -0.1) is 0 Å². The molecule has 0 spiro atoms. The van der Waals surface area contributed by atoms with Gasteiger partial charge in [0.15, 0.2) is 0 Å². The largest absolute Gasteiger partial charge is 0.488 e. The highest BCUT2D eigenvalue weighted by Crippen LogP contribution is 2.36. The van der Waals surface area contributed by atoms with E-state index < -0.39 is 0 Å². The predicted octanol–water partition coefficient (Wildman–Crippen LogP) is 3.11. The van der Waals surface area contributed by atoms with Crippen molar-refractivity contribution in [2.75, 3.05) is 6.54 Å². The quantitative estimate of drug-likeness (QED) is 0.748. The number of hydrogen-bond acceptors (Lipinski definition) is 3. The van der Waals surface area contributed by atoms with E-state index in [-0.39, 0.29) is 6.10 Å². The lowest BCUT2D eigenvalue weighted by Gasteiger charge is -2.14. The van der Waals surface area contributed by atoms with Gasteiger partial charge in [-0.05, 0) is 30.5 Å². The highest BCUT2D eigenvalue weighted by molar-refractivity contribution is 7.97. The topological polar surface area (TPSA) is 21.3 Å². The molecule has 2 rings (SSSR count). The van der Waals surface area contributed by atoms with Crippen molar-refractivity contribution in [1.82, 2.24) is 4.72 Å². The van der Waals surface area contributed by atoms with E-state index in [2.05, 4.69) is 11.6 Å². The number of fused-ring (bicyclic) bond motifs is 1. The summed E-state index contributed by atoms with van der Waals surface area (Å²) in [4.78, 5) is 0.991. The number of halogens is 1. The molecule has 1 aliphatic heterocycles. The van der Waals surface area contributed by atoms with Crippen molar-refractivity contribution in [2.24, 2.45) is 0 Å². The van der Waals surface area contributed by atoms with Gasteiger partial charge in [-0.1, -0.05) is 24.6 Å². The third-order valence-electron chi connectivity index (χ3n) is 2.17. The van der Waals surface area contributed by atoms with Gasteiger partial charge in [-0.3, -0.25) is 4.72 Å². The molecule has 0 aliphatic carbocycles. The van der Waals surface area contributed by atoms with Gasteiger partial charge in [0, 0.05) is 6.54 Å². The Labute approximate surface area is 93.1 Å². The van der Waals surface area contributed by atoms with Crippen LogP contribution in [0, 0.1) is 0 Å². The number of hydrogen-bond donors (Lipinski definition) is 1. The molecule has 0 aromatic heterocycles. The van der Waals surface area contributed by atoms with E-state index in [0.29, 0.717) is 0 Å². The first kappa shape index (κ1) is 10.1. The second-order valence-corrected chi connectivity index (χ2v) is 4.47. The second kappa shape index (κ2) is 4.43. The lowest BCUT2D eigenvalue weighted by Crippen LogP contribution is -2.25. The first-order chi connectivity index (χ1) is 6.81. The van der Waals surface area contributed by atoms with Gasteiger partial charge in [0.25, 0.3) is 0 Å². The summed E-state index contributed by atoms with van der Waals surface area (Å²) in [6.07, 6.45) is 1.24. The highest BCUT2D eigenvalue weighted by Gasteiger charge is 2.17. The molecule has 0 unspecified atom stereocenters. The van der Waals surface area contributed by atoms with Crippen molar-refractivity contribution in [2.45, 2.75) is 24.3 Å². The summed E-state index contributed by atoms with van der Waals surface area (Å²) in [6, 6.07) is 5.76. The summed E-state index contributed by atoms with van der Waals surface area (Å²) in [6.45, 7) is 2.97. The van der Waals surface area contributed by atoms with Crippen LogP contribution in [-0.4, -0.2) is 12.6 Å². The fourth-order valence-electron chi connectivity index (χ4n) is 1.34. The minimum absolute atomic E-state index is 0.238. The molecule has 1 N–H and O–H groups in total. The maximum Gasteiger partial charge on any atom is 0.136 e. The molecule has 1 aliphatic rings. The van der Waals surface area contributed by atoms with Gasteiger partial charge in [0.05, 0.1) is 9.92 Å². The van der Waals surface area contributed by atoms with Crippen molar-refractivity contribution in [1.29, 1.82) is 0 Å². The van der Waals surface area contributed by atoms with E-state index in [9.17, 15) is 0 Å². The molecule has 0 amide bonds. The Balaban J connectivity index is 2.32. The molecule has 0 bridgehead atoms. The van der Waals surface area contributed by atoms with Crippen LogP contribution in [-0.2, 0) is 0 Å². The van der Waals surface area contributed by atoms with Crippen LogP contribution >= 0.6 is 23.5 Å². The molecule has 1 atom stereocenters. The van der Waals surface area contributed by atoms with Crippen LogP contribution in [0.3, 0.4) is 0 Å². The average molecular weight is 230 g/mol. The van der Waals surface area contributed by atoms with E-state index in [0.717, 1.165) is 28.6 Å². The minimum atomic E-state index is 0.238. The molecule has 1 aromatic carbocycles. The predicted molar refractivity (Wildman–Crippen MR) is 60.0 cm³/mol. The average Bonchev–Trinajstić information content (AvgIpc) is 2.40. The van der Waals surface area contributed by atoms with Crippen LogP contribution < -0.4 is 9.46 Å². The van der Waals surface area contributed by atoms with Crippen LogP contribution in [0.2, 0.25) is 5.02 Å². The molecule has 0 saturated carbocycles. The Bertz CT molecular complexity index is 332. The fraction of sp³-hybridized carbons (Fsp3) is 0.400. The maximum absolute atomic E-state index is 6.06. The second-order valence-electron chi connectivity index (χ2n) is 3.17. The zero-order valence-electron chi connectivity index (χ0n) is 7.92. The zero-order chi connectivity index (χ0) is 9.97. The smallest absolute Gasteiger partial charge is 0.136 e. The molecule has 1 aromatic rings. The van der Waals surface area contributed by atoms with E-state index in [1.165, 1.54) is 0 Å². The van der Waals surface area contributed by atoms with Crippen LogP contribution in [0.5, 0.6) is 5.75 Å². The third kappa shape index (κ3) is 2.00. The normalized spacial score (nSPS) is 20.9. The standard InChI is InChI=1S/C10H12ClNOS/c1-2-7-6-12-14-10-8(11)4-3-5-9(10)13-7/h3-5,7,12H,2,6H2,1H3/t7-/m1/s1. The fourth-order valence-corrected chi connectivity index (χ4v) is 2.41. The summed E-state index contributed by atoms with van der Waals surface area (Å²) in [5, 5.41) is 0.747. The van der Waals surface area contributed by atoms with Crippen molar-refractivity contribution >= 4 is 23.5 Å². The Morgan fingerprint density at radius 3 is 3.29 bits per heavy atom. The Kier molecular flexibility index (Phi) is 3.21. The number of rotatable bonds is 1. The van der Waals surface area contributed by atoms with Gasteiger partial charge >= 0.3 is 0 Å². The Morgan fingerprint density at radius 1 is 1.64 bits per heavy atom. The van der Waals surface area contributed by atoms with Crippen molar-refractivity contribution in [3.8, 4) is 5.75 Å². The Hall–Kier alpha value is -0.380. The van der Waals surface area contributed by atoms with E-state index in [4.69, 9.17) is 16.3 Å². The zero-order valence-corrected chi connectivity index (χ0v) is 9.49. The van der Waals surface area contributed by atoms with Gasteiger partial charge < -0.3 is 4.74 Å². The molecular formula is C10H12ClNOS. The minimum Gasteiger partial charge on any atom is -0.488 e. The molecular weight excluding hydrogens is 218 g/mol. The van der Waals surface area contributed by atoms with Crippen LogP contribution in [0.25, 0.3) is 0 Å². The summed E-state index contributed by atoms with van der Waals surface area (Å²) >= 11 is 7.61.